The van der Waals surface area contributed by atoms with Gasteiger partial charge in [-0.2, -0.15) is 5.10 Å². The molecule has 1 rings (SSSR count). The average molecular weight is 193 g/mol. The maximum atomic E-state index is 11.1. The Morgan fingerprint density at radius 3 is 2.86 bits per heavy atom. The molecule has 0 aliphatic rings. The van der Waals surface area contributed by atoms with Crippen LogP contribution in [0.2, 0.25) is 0 Å². The molecule has 0 aromatic carbocycles. The highest BCUT2D eigenvalue weighted by atomic mass is 16.1. The molecule has 1 aromatic heterocycles. The molecule has 2 N–H and O–H groups in total. The molecule has 76 valence electrons. The van der Waals surface area contributed by atoms with E-state index in [2.05, 4.69) is 15.5 Å². The van der Waals surface area contributed by atoms with E-state index in [9.17, 15) is 4.79 Å². The van der Waals surface area contributed by atoms with E-state index in [0.717, 1.165) is 23.5 Å². The number of H-pyrrole nitrogens is 1. The van der Waals surface area contributed by atoms with Crippen molar-refractivity contribution in [3.05, 3.63) is 28.2 Å². The molecule has 0 spiro atoms. The van der Waals surface area contributed by atoms with Gasteiger partial charge in [-0.05, 0) is 26.3 Å². The second-order valence-electron chi connectivity index (χ2n) is 3.23. The zero-order valence-electron chi connectivity index (χ0n) is 8.72. The number of hydrazone groups is 1. The molecule has 0 aliphatic heterocycles. The number of nitrogens with one attached hydrogen (secondary N) is 2. The standard InChI is InChI=1S/C10H15N3O/c1-4-7(2)12-13-9-5-8(3)11-10(14)6-9/h5-6H,4H2,1-3H3,(H2,11,13,14). The van der Waals surface area contributed by atoms with Crippen LogP contribution in [0, 0.1) is 6.92 Å². The van der Waals surface area contributed by atoms with Gasteiger partial charge in [0.25, 0.3) is 0 Å². The summed E-state index contributed by atoms with van der Waals surface area (Å²) < 4.78 is 0. The first kappa shape index (κ1) is 10.5. The zero-order valence-corrected chi connectivity index (χ0v) is 8.72. The van der Waals surface area contributed by atoms with Crippen molar-refractivity contribution in [2.45, 2.75) is 27.2 Å². The van der Waals surface area contributed by atoms with E-state index in [1.54, 1.807) is 0 Å². The molecule has 0 aliphatic carbocycles. The van der Waals surface area contributed by atoms with Gasteiger partial charge in [0, 0.05) is 17.5 Å². The molecule has 4 heteroatoms. The van der Waals surface area contributed by atoms with Crippen molar-refractivity contribution >= 4 is 11.4 Å². The highest BCUT2D eigenvalue weighted by molar-refractivity contribution is 5.82. The minimum absolute atomic E-state index is 0.114. The third-order valence-corrected chi connectivity index (χ3v) is 1.87. The topological polar surface area (TPSA) is 57.2 Å². The highest BCUT2D eigenvalue weighted by Crippen LogP contribution is 2.04. The lowest BCUT2D eigenvalue weighted by Gasteiger charge is -2.02. The summed E-state index contributed by atoms with van der Waals surface area (Å²) in [7, 11) is 0. The van der Waals surface area contributed by atoms with Crippen LogP contribution in [-0.2, 0) is 0 Å². The second kappa shape index (κ2) is 4.60. The smallest absolute Gasteiger partial charge is 0.250 e. The van der Waals surface area contributed by atoms with Gasteiger partial charge in [0.05, 0.1) is 5.69 Å². The Hall–Kier alpha value is -1.58. The van der Waals surface area contributed by atoms with Crippen molar-refractivity contribution in [1.29, 1.82) is 0 Å². The first-order valence-electron chi connectivity index (χ1n) is 4.62. The molecule has 0 bridgehead atoms. The Labute approximate surface area is 83.1 Å². The van der Waals surface area contributed by atoms with Crippen molar-refractivity contribution < 1.29 is 0 Å². The molecule has 0 unspecified atom stereocenters. The SMILES string of the molecule is CCC(C)=NNc1cc(C)[nH]c(=O)c1. The van der Waals surface area contributed by atoms with Gasteiger partial charge < -0.3 is 4.98 Å². The number of aromatic amines is 1. The first-order valence-corrected chi connectivity index (χ1v) is 4.62. The Bertz CT molecular complexity index is 393. The molecule has 0 amide bonds. The fraction of sp³-hybridized carbons (Fsp3) is 0.400. The Balaban J connectivity index is 2.82. The summed E-state index contributed by atoms with van der Waals surface area (Å²) in [5, 5.41) is 4.11. The van der Waals surface area contributed by atoms with Crippen LogP contribution in [0.1, 0.15) is 26.0 Å². The summed E-state index contributed by atoms with van der Waals surface area (Å²) in [5.41, 5.74) is 5.28. The molecular weight excluding hydrogens is 178 g/mol. The van der Waals surface area contributed by atoms with E-state index >= 15 is 0 Å². The van der Waals surface area contributed by atoms with Crippen LogP contribution in [0.3, 0.4) is 0 Å². The number of aryl methyl sites for hydroxylation is 1. The average Bonchev–Trinajstić information content (AvgIpc) is 2.12. The largest absolute Gasteiger partial charge is 0.326 e. The van der Waals surface area contributed by atoms with E-state index < -0.39 is 0 Å². The quantitative estimate of drug-likeness (QED) is 0.569. The molecule has 1 heterocycles. The van der Waals surface area contributed by atoms with Crippen LogP contribution in [0.15, 0.2) is 22.0 Å². The lowest BCUT2D eigenvalue weighted by molar-refractivity contribution is 1.13. The normalized spacial score (nSPS) is 11.5. The predicted molar refractivity (Wildman–Crippen MR) is 58.8 cm³/mol. The van der Waals surface area contributed by atoms with Crippen LogP contribution in [-0.4, -0.2) is 10.7 Å². The molecular formula is C10H15N3O. The summed E-state index contributed by atoms with van der Waals surface area (Å²) in [6.07, 6.45) is 0.898. The van der Waals surface area contributed by atoms with Crippen molar-refractivity contribution in [2.24, 2.45) is 5.10 Å². The van der Waals surface area contributed by atoms with E-state index in [-0.39, 0.29) is 5.56 Å². The highest BCUT2D eigenvalue weighted by Gasteiger charge is 1.94. The monoisotopic (exact) mass is 193 g/mol. The minimum atomic E-state index is -0.114. The molecule has 1 aromatic rings. The molecule has 14 heavy (non-hydrogen) atoms. The maximum absolute atomic E-state index is 11.1. The van der Waals surface area contributed by atoms with E-state index in [0.29, 0.717) is 0 Å². The lowest BCUT2D eigenvalue weighted by atomic mass is 10.3. The summed E-state index contributed by atoms with van der Waals surface area (Å²) >= 11 is 0. The summed E-state index contributed by atoms with van der Waals surface area (Å²) in [6.45, 7) is 5.81. The third-order valence-electron chi connectivity index (χ3n) is 1.87. The maximum Gasteiger partial charge on any atom is 0.250 e. The fourth-order valence-electron chi connectivity index (χ4n) is 0.986. The predicted octanol–water partition coefficient (Wildman–Crippen LogP) is 1.88. The second-order valence-corrected chi connectivity index (χ2v) is 3.23. The van der Waals surface area contributed by atoms with Crippen LogP contribution < -0.4 is 11.0 Å². The van der Waals surface area contributed by atoms with Crippen LogP contribution in [0.4, 0.5) is 5.69 Å². The number of hydrogen-bond donors (Lipinski definition) is 2. The van der Waals surface area contributed by atoms with Gasteiger partial charge in [0.15, 0.2) is 0 Å². The van der Waals surface area contributed by atoms with Gasteiger partial charge in [0.1, 0.15) is 0 Å². The van der Waals surface area contributed by atoms with E-state index in [1.807, 2.05) is 26.8 Å². The minimum Gasteiger partial charge on any atom is -0.326 e. The third kappa shape index (κ3) is 3.05. The van der Waals surface area contributed by atoms with Gasteiger partial charge >= 0.3 is 0 Å². The fourth-order valence-corrected chi connectivity index (χ4v) is 0.986. The van der Waals surface area contributed by atoms with Crippen LogP contribution in [0.5, 0.6) is 0 Å². The molecule has 0 saturated carbocycles. The van der Waals surface area contributed by atoms with Crippen molar-refractivity contribution in [3.8, 4) is 0 Å². The molecule has 4 nitrogen and oxygen atoms in total. The van der Waals surface area contributed by atoms with Gasteiger partial charge in [-0.3, -0.25) is 10.2 Å². The van der Waals surface area contributed by atoms with E-state index in [4.69, 9.17) is 0 Å². The number of hydrogen-bond acceptors (Lipinski definition) is 3. The van der Waals surface area contributed by atoms with E-state index in [1.165, 1.54) is 6.07 Å². The molecule has 0 radical (unpaired) electrons. The number of anilines is 1. The first-order chi connectivity index (χ1) is 6.61. The Morgan fingerprint density at radius 1 is 1.57 bits per heavy atom. The Kier molecular flexibility index (Phi) is 3.45. The molecule has 0 saturated heterocycles. The van der Waals surface area contributed by atoms with Gasteiger partial charge in [-0.25, -0.2) is 0 Å². The number of aromatic nitrogens is 1. The van der Waals surface area contributed by atoms with Crippen LogP contribution >= 0.6 is 0 Å². The molecule has 0 atom stereocenters. The van der Waals surface area contributed by atoms with Gasteiger partial charge in [0.2, 0.25) is 5.56 Å². The van der Waals surface area contributed by atoms with Gasteiger partial charge in [-0.1, -0.05) is 6.92 Å². The summed E-state index contributed by atoms with van der Waals surface area (Å²) in [5.74, 6) is 0. The number of rotatable bonds is 3. The number of nitrogens with zero attached hydrogens (tertiary/aromatic N) is 1. The number of pyridine rings is 1. The van der Waals surface area contributed by atoms with Crippen molar-refractivity contribution in [3.63, 3.8) is 0 Å². The lowest BCUT2D eigenvalue weighted by Crippen LogP contribution is -2.07. The van der Waals surface area contributed by atoms with Crippen molar-refractivity contribution in [2.75, 3.05) is 5.43 Å². The van der Waals surface area contributed by atoms with Crippen LogP contribution in [0.25, 0.3) is 0 Å². The Morgan fingerprint density at radius 2 is 2.29 bits per heavy atom. The van der Waals surface area contributed by atoms with Gasteiger partial charge in [-0.15, -0.1) is 0 Å². The summed E-state index contributed by atoms with van der Waals surface area (Å²) in [6, 6.07) is 3.33. The van der Waals surface area contributed by atoms with Crippen molar-refractivity contribution in [1.82, 2.24) is 4.98 Å². The molecule has 0 fully saturated rings. The zero-order chi connectivity index (χ0) is 10.6. The summed E-state index contributed by atoms with van der Waals surface area (Å²) in [4.78, 5) is 13.7.